The van der Waals surface area contributed by atoms with Crippen LogP contribution in [0.3, 0.4) is 0 Å². The molecule has 80 heavy (non-hydrogen) atoms. The predicted molar refractivity (Wildman–Crippen MR) is 337 cm³/mol. The molecule has 2 aromatic rings. The van der Waals surface area contributed by atoms with Gasteiger partial charge in [-0.1, -0.05) is 245 Å². The van der Waals surface area contributed by atoms with Gasteiger partial charge in [-0.05, 0) is 87.8 Å². The molecule has 9 heteroatoms. The first-order chi connectivity index (χ1) is 39.7. The summed E-state index contributed by atoms with van der Waals surface area (Å²) < 4.78 is 54.1. The van der Waals surface area contributed by atoms with Gasteiger partial charge in [0.25, 0.3) is 0 Å². The normalized spacial score (nSPS) is 12.8. The van der Waals surface area contributed by atoms with Crippen LogP contribution in [-0.2, 0) is 48.2 Å². The standard InChI is InChI=1S/C71H118O9/c1-5-8-11-13-15-17-19-21-23-25-27-29-31-33-35-44-51-77-65-70(79-52-45-36-34-32-30-28-26-24-22-20-18-16-14-12-9-6-2)66-78-62-61-75-58-57-73-54-53-72-55-56-74-59-60-76-63-64-80-71(67(4)46-39-10-7-3,68-47-40-37-41-48-68)69-49-42-38-43-50-69/h7,10,21-24,37-43,46-50,70H,3,5-6,8-9,11-20,25-36,44-45,51-66H2,1-2,4H3/b23-21-,24-22-,39-10-,67-46+. The molecule has 0 aliphatic carbocycles. The molecule has 0 spiro atoms. The number of allylic oxidation sites excluding steroid dienone is 8. The molecule has 0 saturated heterocycles. The first kappa shape index (κ1) is 72.9. The molecule has 9 nitrogen and oxygen atoms in total. The van der Waals surface area contributed by atoms with E-state index < -0.39 is 5.60 Å². The lowest BCUT2D eigenvalue weighted by atomic mass is 9.80. The lowest BCUT2D eigenvalue weighted by Gasteiger charge is -2.36. The third-order valence-corrected chi connectivity index (χ3v) is 14.3. The highest BCUT2D eigenvalue weighted by Gasteiger charge is 2.37. The van der Waals surface area contributed by atoms with E-state index in [1.807, 2.05) is 48.6 Å². The number of hydrogen-bond acceptors (Lipinski definition) is 9. The van der Waals surface area contributed by atoms with Crippen molar-refractivity contribution in [1.82, 2.24) is 0 Å². The van der Waals surface area contributed by atoms with Crippen molar-refractivity contribution in [2.45, 2.75) is 212 Å². The quantitative estimate of drug-likeness (QED) is 0.0365. The molecule has 0 aromatic heterocycles. The highest BCUT2D eigenvalue weighted by Crippen LogP contribution is 2.40. The van der Waals surface area contributed by atoms with Gasteiger partial charge in [0.2, 0.25) is 0 Å². The number of hydrogen-bond donors (Lipinski definition) is 0. The van der Waals surface area contributed by atoms with Crippen molar-refractivity contribution >= 4 is 0 Å². The molecule has 2 aromatic carbocycles. The van der Waals surface area contributed by atoms with E-state index >= 15 is 0 Å². The molecule has 0 radical (unpaired) electrons. The van der Waals surface area contributed by atoms with E-state index in [2.05, 4.69) is 82.0 Å². The summed E-state index contributed by atoms with van der Waals surface area (Å²) in [6.45, 7) is 18.9. The van der Waals surface area contributed by atoms with Crippen LogP contribution in [0.1, 0.15) is 212 Å². The molecule has 0 bridgehead atoms. The predicted octanol–water partition coefficient (Wildman–Crippen LogP) is 18.2. The number of ether oxygens (including phenoxy) is 9. The van der Waals surface area contributed by atoms with E-state index in [0.29, 0.717) is 92.5 Å². The summed E-state index contributed by atoms with van der Waals surface area (Å²) >= 11 is 0. The second-order valence-electron chi connectivity index (χ2n) is 21.3. The summed E-state index contributed by atoms with van der Waals surface area (Å²) in [5.41, 5.74) is 2.42. The van der Waals surface area contributed by atoms with Crippen LogP contribution < -0.4 is 0 Å². The monoisotopic (exact) mass is 1110 g/mol. The van der Waals surface area contributed by atoms with Gasteiger partial charge in [0.15, 0.2) is 0 Å². The molecular weight excluding hydrogens is 997 g/mol. The van der Waals surface area contributed by atoms with Crippen molar-refractivity contribution in [3.05, 3.63) is 133 Å². The van der Waals surface area contributed by atoms with Gasteiger partial charge in [-0.2, -0.15) is 0 Å². The van der Waals surface area contributed by atoms with Crippen LogP contribution in [0.5, 0.6) is 0 Å². The smallest absolute Gasteiger partial charge is 0.139 e. The van der Waals surface area contributed by atoms with Crippen molar-refractivity contribution in [3.8, 4) is 0 Å². The van der Waals surface area contributed by atoms with Gasteiger partial charge in [0.05, 0.1) is 92.5 Å². The van der Waals surface area contributed by atoms with Gasteiger partial charge < -0.3 is 42.6 Å². The molecule has 0 N–H and O–H groups in total. The average Bonchev–Trinajstić information content (AvgIpc) is 3.61. The third-order valence-electron chi connectivity index (χ3n) is 14.3. The molecule has 1 atom stereocenters. The van der Waals surface area contributed by atoms with E-state index in [-0.39, 0.29) is 6.10 Å². The molecule has 0 fully saturated rings. The molecule has 1 unspecified atom stereocenters. The Bertz CT molecular complexity index is 1670. The van der Waals surface area contributed by atoms with Crippen LogP contribution in [-0.4, -0.2) is 112 Å². The van der Waals surface area contributed by atoms with E-state index in [0.717, 1.165) is 42.8 Å². The molecule has 0 saturated carbocycles. The Hall–Kier alpha value is -3.22. The molecule has 0 amide bonds. The Morgan fingerprint density at radius 3 is 1.12 bits per heavy atom. The van der Waals surface area contributed by atoms with Gasteiger partial charge in [-0.25, -0.2) is 0 Å². The zero-order valence-electron chi connectivity index (χ0n) is 51.5. The van der Waals surface area contributed by atoms with Gasteiger partial charge >= 0.3 is 0 Å². The topological polar surface area (TPSA) is 83.1 Å². The van der Waals surface area contributed by atoms with Crippen molar-refractivity contribution in [2.24, 2.45) is 0 Å². The lowest BCUT2D eigenvalue weighted by Crippen LogP contribution is -2.34. The third kappa shape index (κ3) is 41.7. The van der Waals surface area contributed by atoms with E-state index in [1.165, 1.54) is 167 Å². The fraction of sp³-hybridized carbons (Fsp3) is 0.690. The van der Waals surface area contributed by atoms with Crippen molar-refractivity contribution in [3.63, 3.8) is 0 Å². The van der Waals surface area contributed by atoms with E-state index in [1.54, 1.807) is 6.08 Å². The molecule has 0 aliphatic rings. The Morgan fingerprint density at radius 1 is 0.388 bits per heavy atom. The zero-order valence-corrected chi connectivity index (χ0v) is 51.5. The maximum Gasteiger partial charge on any atom is 0.139 e. The highest BCUT2D eigenvalue weighted by atomic mass is 16.6. The van der Waals surface area contributed by atoms with Gasteiger partial charge in [0.1, 0.15) is 11.7 Å². The molecule has 456 valence electrons. The Morgan fingerprint density at radius 2 is 0.725 bits per heavy atom. The van der Waals surface area contributed by atoms with Gasteiger partial charge in [0, 0.05) is 13.2 Å². The van der Waals surface area contributed by atoms with Crippen molar-refractivity contribution in [2.75, 3.05) is 106 Å². The summed E-state index contributed by atoms with van der Waals surface area (Å²) in [4.78, 5) is 0. The minimum Gasteiger partial charge on any atom is -0.379 e. The molecule has 0 heterocycles. The number of rotatable bonds is 61. The first-order valence-electron chi connectivity index (χ1n) is 32.4. The van der Waals surface area contributed by atoms with Crippen LogP contribution in [0.15, 0.2) is 121 Å². The lowest BCUT2D eigenvalue weighted by molar-refractivity contribution is -0.0702. The number of unbranched alkanes of at least 4 members (excludes halogenated alkanes) is 24. The zero-order chi connectivity index (χ0) is 57.0. The molecule has 0 aliphatic heterocycles. The first-order valence-corrected chi connectivity index (χ1v) is 32.4. The Kier molecular flexibility index (Phi) is 52.5. The molecular formula is C71H118O9. The maximum absolute atomic E-state index is 6.76. The Balaban J connectivity index is 1.53. The Labute approximate surface area is 491 Å². The van der Waals surface area contributed by atoms with Crippen molar-refractivity contribution in [1.29, 1.82) is 0 Å². The fourth-order valence-corrected chi connectivity index (χ4v) is 9.62. The summed E-state index contributed by atoms with van der Waals surface area (Å²) in [5, 5.41) is 0. The van der Waals surface area contributed by atoms with Crippen LogP contribution in [0.25, 0.3) is 0 Å². The summed E-state index contributed by atoms with van der Waals surface area (Å²) in [6.07, 6.45) is 53.9. The summed E-state index contributed by atoms with van der Waals surface area (Å²) in [5.74, 6) is 0. The van der Waals surface area contributed by atoms with Gasteiger partial charge in [-0.15, -0.1) is 0 Å². The van der Waals surface area contributed by atoms with E-state index in [4.69, 9.17) is 42.6 Å². The van der Waals surface area contributed by atoms with E-state index in [9.17, 15) is 0 Å². The van der Waals surface area contributed by atoms with Crippen LogP contribution in [0.2, 0.25) is 0 Å². The SMILES string of the molecule is C=C/C=C\C=C(/C)C(OCCOCCOCCOCCOCCOCCOCC(COCCCCCCCC/C=C\CCCCCCCC)OCCCCCCCC/C=C\CCCCCCCC)(c1ccccc1)c1ccccc1. The van der Waals surface area contributed by atoms with Gasteiger partial charge in [-0.3, -0.25) is 0 Å². The summed E-state index contributed by atoms with van der Waals surface area (Å²) in [7, 11) is 0. The average molecular weight is 1120 g/mol. The van der Waals surface area contributed by atoms with Crippen LogP contribution >= 0.6 is 0 Å². The van der Waals surface area contributed by atoms with Crippen LogP contribution in [0, 0.1) is 0 Å². The minimum atomic E-state index is -0.763. The second kappa shape index (κ2) is 57.6. The highest BCUT2D eigenvalue weighted by molar-refractivity contribution is 5.46. The fourth-order valence-electron chi connectivity index (χ4n) is 9.62. The van der Waals surface area contributed by atoms with Crippen LogP contribution in [0.4, 0.5) is 0 Å². The second-order valence-corrected chi connectivity index (χ2v) is 21.3. The van der Waals surface area contributed by atoms with Crippen molar-refractivity contribution < 1.29 is 42.6 Å². The summed E-state index contributed by atoms with van der Waals surface area (Å²) in [6, 6.07) is 20.7. The number of benzene rings is 2. The maximum atomic E-state index is 6.76. The molecule has 2 rings (SSSR count). The minimum absolute atomic E-state index is 0.0601. The largest absolute Gasteiger partial charge is 0.379 e.